The first kappa shape index (κ1) is 6.96. The highest BCUT2D eigenvalue weighted by atomic mass is 19.1. The van der Waals surface area contributed by atoms with E-state index < -0.39 is 0 Å². The molecule has 1 rings (SSSR count). The van der Waals surface area contributed by atoms with E-state index in [4.69, 9.17) is 5.73 Å². The highest BCUT2D eigenvalue weighted by Gasteiger charge is 2.31. The molecule has 0 aromatic rings. The fourth-order valence-corrected chi connectivity index (χ4v) is 1.14. The second-order valence-electron chi connectivity index (χ2n) is 2.76. The van der Waals surface area contributed by atoms with Gasteiger partial charge in [0.25, 0.3) is 0 Å². The van der Waals surface area contributed by atoms with Crippen LogP contribution in [0.25, 0.3) is 0 Å². The normalized spacial score (nSPS) is 35.3. The average Bonchev–Trinajstić information content (AvgIpc) is 2.36. The number of nitrogens with two attached hydrogens (primary N) is 1. The molecule has 1 aliphatic heterocycles. The van der Waals surface area contributed by atoms with Gasteiger partial charge in [-0.2, -0.15) is 0 Å². The Morgan fingerprint density at radius 2 is 2.44 bits per heavy atom. The molecule has 3 heteroatoms. The minimum Gasteiger partial charge on any atom is -0.330 e. The fraction of sp³-hybridized carbons (Fsp3) is 1.00. The lowest BCUT2D eigenvalue weighted by Gasteiger charge is -2.20. The second kappa shape index (κ2) is 2.62. The summed E-state index contributed by atoms with van der Waals surface area (Å²) in [7, 11) is 0. The molecule has 0 radical (unpaired) electrons. The fourth-order valence-electron chi connectivity index (χ4n) is 1.14. The summed E-state index contributed by atoms with van der Waals surface area (Å²) < 4.78 is 12.2. The number of hydrogen-bond acceptors (Lipinski definition) is 2. The summed E-state index contributed by atoms with van der Waals surface area (Å²) in [6.45, 7) is 1.86. The van der Waals surface area contributed by atoms with Gasteiger partial charge in [0.1, 0.15) is 0 Å². The van der Waals surface area contributed by atoms with E-state index >= 15 is 0 Å². The average molecular weight is 132 g/mol. The lowest BCUT2D eigenvalue weighted by molar-refractivity contribution is 0.240. The van der Waals surface area contributed by atoms with Gasteiger partial charge >= 0.3 is 0 Å². The van der Waals surface area contributed by atoms with E-state index in [2.05, 4.69) is 5.32 Å². The molecule has 0 saturated carbocycles. The van der Waals surface area contributed by atoms with Crippen LogP contribution in [0.4, 0.5) is 4.39 Å². The first-order valence-electron chi connectivity index (χ1n) is 3.30. The van der Waals surface area contributed by atoms with Crippen molar-refractivity contribution in [3.63, 3.8) is 0 Å². The minimum atomic E-state index is -0.281. The SMILES string of the molecule is NC[C@]1(CF)CCNC1. The van der Waals surface area contributed by atoms with Crippen LogP contribution in [0.1, 0.15) is 6.42 Å². The Balaban J connectivity index is 2.45. The number of nitrogens with one attached hydrogen (secondary N) is 1. The molecule has 2 nitrogen and oxygen atoms in total. The van der Waals surface area contributed by atoms with Crippen LogP contribution >= 0.6 is 0 Å². The molecular formula is C6H13FN2. The van der Waals surface area contributed by atoms with Crippen LogP contribution in [0.2, 0.25) is 0 Å². The van der Waals surface area contributed by atoms with Gasteiger partial charge in [-0.05, 0) is 13.0 Å². The van der Waals surface area contributed by atoms with Gasteiger partial charge in [0.05, 0.1) is 6.67 Å². The third kappa shape index (κ3) is 1.22. The Kier molecular flexibility index (Phi) is 2.03. The molecule has 1 heterocycles. The second-order valence-corrected chi connectivity index (χ2v) is 2.76. The Morgan fingerprint density at radius 1 is 1.67 bits per heavy atom. The van der Waals surface area contributed by atoms with E-state index in [1.54, 1.807) is 0 Å². The predicted octanol–water partition coefficient (Wildman–Crippen LogP) is -0.106. The molecule has 0 spiro atoms. The molecule has 1 atom stereocenters. The Morgan fingerprint density at radius 3 is 2.67 bits per heavy atom. The summed E-state index contributed by atoms with van der Waals surface area (Å²) in [6, 6.07) is 0. The van der Waals surface area contributed by atoms with Gasteiger partial charge in [-0.15, -0.1) is 0 Å². The van der Waals surface area contributed by atoms with Gasteiger partial charge in [0, 0.05) is 18.5 Å². The Bertz CT molecular complexity index is 83.1. The van der Waals surface area contributed by atoms with E-state index in [-0.39, 0.29) is 12.1 Å². The van der Waals surface area contributed by atoms with Crippen molar-refractivity contribution in [3.05, 3.63) is 0 Å². The van der Waals surface area contributed by atoms with E-state index in [9.17, 15) is 4.39 Å². The van der Waals surface area contributed by atoms with E-state index in [0.717, 1.165) is 19.5 Å². The van der Waals surface area contributed by atoms with Crippen LogP contribution in [-0.4, -0.2) is 26.3 Å². The summed E-state index contributed by atoms with van der Waals surface area (Å²) >= 11 is 0. The molecule has 1 fully saturated rings. The molecule has 3 N–H and O–H groups in total. The third-order valence-electron chi connectivity index (χ3n) is 2.05. The molecule has 0 bridgehead atoms. The first-order chi connectivity index (χ1) is 4.33. The van der Waals surface area contributed by atoms with Gasteiger partial charge in [0.2, 0.25) is 0 Å². The lowest BCUT2D eigenvalue weighted by Crippen LogP contribution is -2.34. The van der Waals surface area contributed by atoms with Crippen molar-refractivity contribution >= 4 is 0 Å². The third-order valence-corrected chi connectivity index (χ3v) is 2.05. The van der Waals surface area contributed by atoms with E-state index in [0.29, 0.717) is 6.54 Å². The number of hydrogen-bond donors (Lipinski definition) is 2. The Hall–Kier alpha value is -0.150. The maximum absolute atomic E-state index is 12.2. The van der Waals surface area contributed by atoms with Crippen LogP contribution in [0, 0.1) is 5.41 Å². The zero-order valence-corrected chi connectivity index (χ0v) is 5.49. The predicted molar refractivity (Wildman–Crippen MR) is 34.9 cm³/mol. The molecule has 9 heavy (non-hydrogen) atoms. The van der Waals surface area contributed by atoms with Crippen molar-refractivity contribution in [1.29, 1.82) is 0 Å². The van der Waals surface area contributed by atoms with E-state index in [1.807, 2.05) is 0 Å². The molecule has 0 aliphatic carbocycles. The van der Waals surface area contributed by atoms with Gasteiger partial charge in [0.15, 0.2) is 0 Å². The van der Waals surface area contributed by atoms with Crippen molar-refractivity contribution in [2.24, 2.45) is 11.1 Å². The van der Waals surface area contributed by atoms with E-state index in [1.165, 1.54) is 0 Å². The van der Waals surface area contributed by atoms with Gasteiger partial charge < -0.3 is 11.1 Å². The number of alkyl halides is 1. The molecule has 1 aliphatic rings. The van der Waals surface area contributed by atoms with Crippen LogP contribution in [0.15, 0.2) is 0 Å². The standard InChI is InChI=1S/C6H13FN2/c7-3-6(4-8)1-2-9-5-6/h9H,1-5,8H2/t6-/m1/s1. The Labute approximate surface area is 54.6 Å². The monoisotopic (exact) mass is 132 g/mol. The smallest absolute Gasteiger partial charge is 0.0975 e. The largest absolute Gasteiger partial charge is 0.330 e. The summed E-state index contributed by atoms with van der Waals surface area (Å²) in [5.74, 6) is 0. The maximum Gasteiger partial charge on any atom is 0.0975 e. The molecule has 1 saturated heterocycles. The summed E-state index contributed by atoms with van der Waals surface area (Å²) in [5.41, 5.74) is 5.18. The number of halogens is 1. The molecule has 0 amide bonds. The zero-order chi connectivity index (χ0) is 6.74. The number of rotatable bonds is 2. The minimum absolute atomic E-state index is 0.222. The van der Waals surface area contributed by atoms with Gasteiger partial charge in [-0.25, -0.2) is 0 Å². The van der Waals surface area contributed by atoms with Crippen LogP contribution < -0.4 is 11.1 Å². The molecule has 0 aromatic heterocycles. The summed E-state index contributed by atoms with van der Waals surface area (Å²) in [4.78, 5) is 0. The maximum atomic E-state index is 12.2. The van der Waals surface area contributed by atoms with Gasteiger partial charge in [-0.1, -0.05) is 0 Å². The highest BCUT2D eigenvalue weighted by Crippen LogP contribution is 2.23. The van der Waals surface area contributed by atoms with Crippen LogP contribution in [0.3, 0.4) is 0 Å². The van der Waals surface area contributed by atoms with Crippen molar-refractivity contribution in [1.82, 2.24) is 5.32 Å². The topological polar surface area (TPSA) is 38.0 Å². The van der Waals surface area contributed by atoms with Crippen LogP contribution in [-0.2, 0) is 0 Å². The quantitative estimate of drug-likeness (QED) is 0.550. The molecule has 0 aromatic carbocycles. The highest BCUT2D eigenvalue weighted by molar-refractivity contribution is 4.87. The zero-order valence-electron chi connectivity index (χ0n) is 5.49. The lowest BCUT2D eigenvalue weighted by atomic mass is 9.89. The first-order valence-corrected chi connectivity index (χ1v) is 3.30. The molecular weight excluding hydrogens is 119 g/mol. The van der Waals surface area contributed by atoms with Crippen molar-refractivity contribution in [2.45, 2.75) is 6.42 Å². The van der Waals surface area contributed by atoms with Crippen molar-refractivity contribution < 1.29 is 4.39 Å². The molecule has 0 unspecified atom stereocenters. The van der Waals surface area contributed by atoms with Crippen molar-refractivity contribution in [3.8, 4) is 0 Å². The summed E-state index contributed by atoms with van der Waals surface area (Å²) in [6.07, 6.45) is 0.889. The van der Waals surface area contributed by atoms with Crippen molar-refractivity contribution in [2.75, 3.05) is 26.3 Å². The molecule has 54 valence electrons. The van der Waals surface area contributed by atoms with Crippen LogP contribution in [0.5, 0.6) is 0 Å². The summed E-state index contributed by atoms with van der Waals surface area (Å²) in [5, 5.41) is 3.10. The van der Waals surface area contributed by atoms with Gasteiger partial charge in [-0.3, -0.25) is 4.39 Å².